The molecule has 1 fully saturated rings. The Labute approximate surface area is 175 Å². The van der Waals surface area contributed by atoms with Gasteiger partial charge in [-0.05, 0) is 29.8 Å². The van der Waals surface area contributed by atoms with Crippen molar-refractivity contribution in [3.05, 3.63) is 65.2 Å². The highest BCUT2D eigenvalue weighted by Crippen LogP contribution is 2.22. The van der Waals surface area contributed by atoms with Gasteiger partial charge in [-0.15, -0.1) is 0 Å². The summed E-state index contributed by atoms with van der Waals surface area (Å²) in [5.41, 5.74) is 1.98. The average Bonchev–Trinajstić information content (AvgIpc) is 2.76. The third-order valence-corrected chi connectivity index (χ3v) is 5.10. The molecule has 2 aromatic rings. The second kappa shape index (κ2) is 9.56. The summed E-state index contributed by atoms with van der Waals surface area (Å²) < 4.78 is 27.5. The van der Waals surface area contributed by atoms with Crippen molar-refractivity contribution >= 4 is 17.6 Å². The summed E-state index contributed by atoms with van der Waals surface area (Å²) in [6, 6.07) is 11.0. The maximum Gasteiger partial charge on any atom is 0.253 e. The van der Waals surface area contributed by atoms with Crippen molar-refractivity contribution in [1.82, 2.24) is 15.1 Å². The zero-order chi connectivity index (χ0) is 21.7. The molecule has 0 spiro atoms. The number of halogens is 2. The number of aliphatic imine (C=N–C) groups is 1. The van der Waals surface area contributed by atoms with E-state index in [9.17, 15) is 13.6 Å². The SMILES string of the molecule is CN=C(NCc1ccc(C(=O)N(C)C)cc1)N1CCN(c2cc(F)ccc2F)CC1. The number of hydrogen-bond donors (Lipinski definition) is 1. The molecule has 1 aliphatic heterocycles. The fourth-order valence-corrected chi connectivity index (χ4v) is 3.42. The summed E-state index contributed by atoms with van der Waals surface area (Å²) in [6.45, 7) is 3.00. The van der Waals surface area contributed by atoms with Crippen molar-refractivity contribution in [2.24, 2.45) is 4.99 Å². The fraction of sp³-hybridized carbons (Fsp3) is 0.364. The average molecular weight is 415 g/mol. The first-order chi connectivity index (χ1) is 14.4. The number of hydrogen-bond acceptors (Lipinski definition) is 3. The maximum atomic E-state index is 14.0. The molecule has 1 heterocycles. The lowest BCUT2D eigenvalue weighted by Crippen LogP contribution is -2.52. The number of piperazine rings is 1. The molecule has 0 atom stereocenters. The van der Waals surface area contributed by atoms with Gasteiger partial charge in [0.25, 0.3) is 5.91 Å². The van der Waals surface area contributed by atoms with E-state index in [-0.39, 0.29) is 5.91 Å². The zero-order valence-corrected chi connectivity index (χ0v) is 17.5. The van der Waals surface area contributed by atoms with E-state index in [0.29, 0.717) is 44.0 Å². The van der Waals surface area contributed by atoms with E-state index in [1.54, 1.807) is 26.0 Å². The number of anilines is 1. The van der Waals surface area contributed by atoms with E-state index in [1.807, 2.05) is 29.2 Å². The molecule has 1 N–H and O–H groups in total. The minimum absolute atomic E-state index is 0.0297. The molecule has 3 rings (SSSR count). The molecule has 0 saturated carbocycles. The number of rotatable bonds is 4. The molecule has 0 bridgehead atoms. The van der Waals surface area contributed by atoms with Crippen molar-refractivity contribution in [3.8, 4) is 0 Å². The molecule has 2 aromatic carbocycles. The van der Waals surface area contributed by atoms with Crippen LogP contribution in [0.3, 0.4) is 0 Å². The summed E-state index contributed by atoms with van der Waals surface area (Å²) in [4.78, 5) is 21.8. The normalized spacial score (nSPS) is 14.6. The topological polar surface area (TPSA) is 51.2 Å². The minimum atomic E-state index is -0.440. The summed E-state index contributed by atoms with van der Waals surface area (Å²) in [7, 11) is 5.17. The van der Waals surface area contributed by atoms with Crippen LogP contribution < -0.4 is 10.2 Å². The maximum absolute atomic E-state index is 14.0. The standard InChI is InChI=1S/C22H27F2N5O/c1-25-22(26-15-16-4-6-17(7-5-16)21(30)27(2)3)29-12-10-28(11-13-29)20-14-18(23)8-9-19(20)24/h4-9,14H,10-13,15H2,1-3H3,(H,25,26). The molecule has 1 aliphatic rings. The van der Waals surface area contributed by atoms with Gasteiger partial charge in [-0.1, -0.05) is 12.1 Å². The molecule has 6 nitrogen and oxygen atoms in total. The highest BCUT2D eigenvalue weighted by atomic mass is 19.1. The van der Waals surface area contributed by atoms with Gasteiger partial charge < -0.3 is 20.0 Å². The second-order valence-corrected chi connectivity index (χ2v) is 7.37. The summed E-state index contributed by atoms with van der Waals surface area (Å²) in [5, 5.41) is 3.33. The van der Waals surface area contributed by atoms with Crippen LogP contribution in [0.2, 0.25) is 0 Å². The molecule has 30 heavy (non-hydrogen) atoms. The van der Waals surface area contributed by atoms with Crippen LogP contribution in [0.4, 0.5) is 14.5 Å². The smallest absolute Gasteiger partial charge is 0.253 e. The van der Waals surface area contributed by atoms with Crippen LogP contribution in [0.15, 0.2) is 47.5 Å². The van der Waals surface area contributed by atoms with E-state index < -0.39 is 11.6 Å². The number of guanidine groups is 1. The Morgan fingerprint density at radius 3 is 2.33 bits per heavy atom. The number of carbonyl (C=O) groups excluding carboxylic acids is 1. The number of nitrogens with one attached hydrogen (secondary N) is 1. The lowest BCUT2D eigenvalue weighted by molar-refractivity contribution is 0.0827. The van der Waals surface area contributed by atoms with Gasteiger partial charge in [-0.2, -0.15) is 0 Å². The Morgan fingerprint density at radius 2 is 1.73 bits per heavy atom. The first kappa shape index (κ1) is 21.5. The van der Waals surface area contributed by atoms with Gasteiger partial charge in [-0.25, -0.2) is 8.78 Å². The van der Waals surface area contributed by atoms with Crippen LogP contribution in [0.1, 0.15) is 15.9 Å². The lowest BCUT2D eigenvalue weighted by atomic mass is 10.1. The Kier molecular flexibility index (Phi) is 6.87. The Morgan fingerprint density at radius 1 is 1.07 bits per heavy atom. The monoisotopic (exact) mass is 415 g/mol. The van der Waals surface area contributed by atoms with Gasteiger partial charge in [0.1, 0.15) is 11.6 Å². The molecule has 160 valence electrons. The van der Waals surface area contributed by atoms with Gasteiger partial charge >= 0.3 is 0 Å². The van der Waals surface area contributed by atoms with E-state index in [4.69, 9.17) is 0 Å². The fourth-order valence-electron chi connectivity index (χ4n) is 3.42. The van der Waals surface area contributed by atoms with Crippen LogP contribution in [-0.2, 0) is 6.54 Å². The minimum Gasteiger partial charge on any atom is -0.366 e. The van der Waals surface area contributed by atoms with Crippen LogP contribution in [0.25, 0.3) is 0 Å². The van der Waals surface area contributed by atoms with Crippen LogP contribution in [0, 0.1) is 11.6 Å². The highest BCUT2D eigenvalue weighted by Gasteiger charge is 2.22. The predicted octanol–water partition coefficient (Wildman–Crippen LogP) is 2.56. The highest BCUT2D eigenvalue weighted by molar-refractivity contribution is 5.93. The number of amides is 1. The Bertz CT molecular complexity index is 906. The van der Waals surface area contributed by atoms with Crippen molar-refractivity contribution in [3.63, 3.8) is 0 Å². The Balaban J connectivity index is 1.55. The van der Waals surface area contributed by atoms with Crippen LogP contribution >= 0.6 is 0 Å². The number of carbonyl (C=O) groups is 1. The molecule has 0 unspecified atom stereocenters. The molecule has 1 saturated heterocycles. The first-order valence-corrected chi connectivity index (χ1v) is 9.85. The quantitative estimate of drug-likeness (QED) is 0.616. The van der Waals surface area contributed by atoms with Gasteiger partial charge in [0, 0.05) is 65.5 Å². The molecule has 0 radical (unpaired) electrons. The van der Waals surface area contributed by atoms with Crippen molar-refractivity contribution < 1.29 is 13.6 Å². The molecular weight excluding hydrogens is 388 g/mol. The van der Waals surface area contributed by atoms with Crippen molar-refractivity contribution in [1.29, 1.82) is 0 Å². The van der Waals surface area contributed by atoms with Gasteiger partial charge in [0.2, 0.25) is 0 Å². The lowest BCUT2D eigenvalue weighted by Gasteiger charge is -2.37. The largest absolute Gasteiger partial charge is 0.366 e. The molecule has 0 aliphatic carbocycles. The summed E-state index contributed by atoms with van der Waals surface area (Å²) in [5.74, 6) is -0.131. The van der Waals surface area contributed by atoms with E-state index in [0.717, 1.165) is 23.7 Å². The van der Waals surface area contributed by atoms with Gasteiger partial charge in [-0.3, -0.25) is 9.79 Å². The van der Waals surface area contributed by atoms with Crippen molar-refractivity contribution in [2.75, 3.05) is 52.2 Å². The Hall–Kier alpha value is -3.16. The van der Waals surface area contributed by atoms with E-state index in [1.165, 1.54) is 6.07 Å². The third-order valence-electron chi connectivity index (χ3n) is 5.10. The number of benzene rings is 2. The molecule has 8 heteroatoms. The summed E-state index contributed by atoms with van der Waals surface area (Å²) in [6.07, 6.45) is 0. The van der Waals surface area contributed by atoms with Crippen LogP contribution in [-0.4, -0.2) is 69.0 Å². The predicted molar refractivity (Wildman–Crippen MR) is 115 cm³/mol. The molecule has 1 amide bonds. The van der Waals surface area contributed by atoms with Crippen LogP contribution in [0.5, 0.6) is 0 Å². The molecular formula is C22H27F2N5O. The zero-order valence-electron chi connectivity index (χ0n) is 17.5. The molecule has 0 aromatic heterocycles. The van der Waals surface area contributed by atoms with E-state index >= 15 is 0 Å². The first-order valence-electron chi connectivity index (χ1n) is 9.85. The third kappa shape index (κ3) is 5.06. The summed E-state index contributed by atoms with van der Waals surface area (Å²) >= 11 is 0. The number of nitrogens with zero attached hydrogens (tertiary/aromatic N) is 4. The second-order valence-electron chi connectivity index (χ2n) is 7.37. The van der Waals surface area contributed by atoms with Gasteiger partial charge in [0.05, 0.1) is 5.69 Å². The van der Waals surface area contributed by atoms with E-state index in [2.05, 4.69) is 15.2 Å². The van der Waals surface area contributed by atoms with Gasteiger partial charge in [0.15, 0.2) is 5.96 Å². The van der Waals surface area contributed by atoms with Crippen molar-refractivity contribution in [2.45, 2.75) is 6.54 Å².